The first-order valence-electron chi connectivity index (χ1n) is 9.92. The number of hydrogen-bond donors (Lipinski definition) is 0. The highest BCUT2D eigenvalue weighted by atomic mass is 16.5. The lowest BCUT2D eigenvalue weighted by Gasteiger charge is -2.31. The summed E-state index contributed by atoms with van der Waals surface area (Å²) >= 11 is 0. The molecular formula is C25H33NO2. The molecular weight excluding hydrogens is 346 g/mol. The Morgan fingerprint density at radius 2 is 1.89 bits per heavy atom. The van der Waals surface area contributed by atoms with Gasteiger partial charge in [-0.25, -0.2) is 0 Å². The van der Waals surface area contributed by atoms with Crippen molar-refractivity contribution < 1.29 is 9.53 Å². The summed E-state index contributed by atoms with van der Waals surface area (Å²) in [6.45, 7) is 5.38. The minimum Gasteiger partial charge on any atom is -0.497 e. The maximum atomic E-state index is 12.6. The molecule has 2 fully saturated rings. The number of hydrogen-bond acceptors (Lipinski definition) is 3. The van der Waals surface area contributed by atoms with Crippen molar-refractivity contribution in [2.45, 2.75) is 39.0 Å². The molecule has 3 nitrogen and oxygen atoms in total. The van der Waals surface area contributed by atoms with Crippen LogP contribution in [0.4, 0.5) is 0 Å². The molecule has 1 aliphatic carbocycles. The van der Waals surface area contributed by atoms with E-state index in [1.54, 1.807) is 7.11 Å². The van der Waals surface area contributed by atoms with Crippen LogP contribution in [0.25, 0.3) is 12.2 Å². The summed E-state index contributed by atoms with van der Waals surface area (Å²) < 4.78 is 5.27. The van der Waals surface area contributed by atoms with Gasteiger partial charge >= 0.3 is 0 Å². The van der Waals surface area contributed by atoms with E-state index in [9.17, 15) is 4.79 Å². The lowest BCUT2D eigenvalue weighted by Crippen LogP contribution is -2.39. The zero-order valence-electron chi connectivity index (χ0n) is 17.3. The molecule has 0 aromatic heterocycles. The number of ketones is 1. The van der Waals surface area contributed by atoms with Crippen LogP contribution in [0.1, 0.15) is 39.0 Å². The van der Waals surface area contributed by atoms with Crippen LogP contribution in [0.3, 0.4) is 0 Å². The van der Waals surface area contributed by atoms with Crippen LogP contribution < -0.4 is 15.2 Å². The summed E-state index contributed by atoms with van der Waals surface area (Å²) in [5, 5.41) is 2.25. The van der Waals surface area contributed by atoms with Crippen LogP contribution in [0, 0.1) is 37.5 Å². The van der Waals surface area contributed by atoms with E-state index in [-0.39, 0.29) is 5.92 Å². The molecule has 1 aromatic rings. The smallest absolute Gasteiger partial charge is 0.141 e. The zero-order chi connectivity index (χ0) is 20.9. The average Bonchev–Trinajstić information content (AvgIpc) is 3.59. The predicted molar refractivity (Wildman–Crippen MR) is 118 cm³/mol. The Labute approximate surface area is 170 Å². The molecule has 0 spiro atoms. The van der Waals surface area contributed by atoms with Gasteiger partial charge in [-0.3, -0.25) is 4.79 Å². The fraction of sp³-hybridized carbons (Fsp3) is 0.480. The summed E-state index contributed by atoms with van der Waals surface area (Å²) in [5.41, 5.74) is 0. The average molecular weight is 380 g/mol. The lowest BCUT2D eigenvalue weighted by atomic mass is 9.91. The first-order chi connectivity index (χ1) is 13.7. The Hall–Kier alpha value is -2.49. The van der Waals surface area contributed by atoms with Gasteiger partial charge in [0, 0.05) is 25.4 Å². The first kappa shape index (κ1) is 23.5. The number of nitrogens with zero attached hydrogens (tertiary/aromatic N) is 1. The molecule has 1 aromatic carbocycles. The number of methoxy groups -OCH3 is 1. The molecule has 1 saturated carbocycles. The third-order valence-electron chi connectivity index (χ3n) is 5.30. The van der Waals surface area contributed by atoms with Crippen molar-refractivity contribution in [3.8, 4) is 31.4 Å². The summed E-state index contributed by atoms with van der Waals surface area (Å²) in [5.74, 6) is 2.39. The van der Waals surface area contributed by atoms with Crippen molar-refractivity contribution in [3.63, 3.8) is 0 Å². The molecule has 1 heterocycles. The number of terminal acetylenes is 2. The molecule has 0 N–H and O–H groups in total. The van der Waals surface area contributed by atoms with Crippen LogP contribution in [-0.4, -0.2) is 37.4 Å². The van der Waals surface area contributed by atoms with Gasteiger partial charge in [0.1, 0.15) is 11.5 Å². The molecule has 2 aliphatic rings. The van der Waals surface area contributed by atoms with Crippen molar-refractivity contribution in [3.05, 3.63) is 28.6 Å². The second-order valence-electron chi connectivity index (χ2n) is 7.20. The summed E-state index contributed by atoms with van der Waals surface area (Å²) in [6, 6.07) is 6.03. The number of Topliss-reactive ketones (excluding diaryl/α,β-unsaturated/α-hetero) is 1. The Morgan fingerprint density at radius 3 is 2.50 bits per heavy atom. The Morgan fingerprint density at radius 1 is 1.18 bits per heavy atom. The Bertz CT molecular complexity index is 765. The Balaban J connectivity index is 0.000000921. The lowest BCUT2D eigenvalue weighted by molar-refractivity contribution is -0.123. The van der Waals surface area contributed by atoms with Crippen LogP contribution in [0.15, 0.2) is 18.2 Å². The fourth-order valence-electron chi connectivity index (χ4n) is 3.64. The maximum absolute atomic E-state index is 12.6. The number of benzene rings is 1. The minimum absolute atomic E-state index is 0.223. The van der Waals surface area contributed by atoms with E-state index >= 15 is 0 Å². The molecule has 1 aliphatic heterocycles. The van der Waals surface area contributed by atoms with Gasteiger partial charge in [0.05, 0.1) is 7.11 Å². The SMILES string of the molecule is C#C.C#C.C/C=c1/cc(OC)cc/c1=C/CC(=O)[C@H]1CCCN(CC2CC2)C1. The topological polar surface area (TPSA) is 29.5 Å². The number of rotatable bonds is 6. The van der Waals surface area contributed by atoms with Gasteiger partial charge < -0.3 is 9.64 Å². The van der Waals surface area contributed by atoms with Crippen molar-refractivity contribution >= 4 is 17.9 Å². The van der Waals surface area contributed by atoms with Gasteiger partial charge in [-0.15, -0.1) is 25.7 Å². The molecule has 28 heavy (non-hydrogen) atoms. The standard InChI is InChI=1S/C21H29NO2.2C2H2/c1-3-17-13-20(24-2)10-8-18(17)9-11-21(23)19-5-4-12-22(15-19)14-16-6-7-16;2*1-2/h3,8-10,13,16,19H,4-7,11-12,14-15H2,1-2H3;2*1-2H/b17-3-,18-9-;;/t19-;;/m0../s1. The van der Waals surface area contributed by atoms with Crippen LogP contribution in [-0.2, 0) is 4.79 Å². The van der Waals surface area contributed by atoms with Crippen LogP contribution in [0.2, 0.25) is 0 Å². The molecule has 0 unspecified atom stereocenters. The highest BCUT2D eigenvalue weighted by molar-refractivity contribution is 5.85. The quantitative estimate of drug-likeness (QED) is 0.712. The number of ether oxygens (including phenoxy) is 1. The molecule has 1 saturated heterocycles. The molecule has 3 heteroatoms. The number of piperidine rings is 1. The van der Waals surface area contributed by atoms with E-state index in [0.717, 1.165) is 35.1 Å². The maximum Gasteiger partial charge on any atom is 0.141 e. The van der Waals surface area contributed by atoms with Crippen molar-refractivity contribution in [2.75, 3.05) is 26.7 Å². The highest BCUT2D eigenvalue weighted by Crippen LogP contribution is 2.31. The highest BCUT2D eigenvalue weighted by Gasteiger charge is 2.29. The van der Waals surface area contributed by atoms with Crippen molar-refractivity contribution in [1.82, 2.24) is 4.90 Å². The van der Waals surface area contributed by atoms with Gasteiger partial charge in [0.25, 0.3) is 0 Å². The molecule has 0 amide bonds. The molecule has 3 rings (SSSR count). The normalized spacial score (nSPS) is 20.3. The molecule has 150 valence electrons. The largest absolute Gasteiger partial charge is 0.497 e. The van der Waals surface area contributed by atoms with Crippen LogP contribution in [0.5, 0.6) is 5.75 Å². The molecule has 0 bridgehead atoms. The first-order valence-corrected chi connectivity index (χ1v) is 9.92. The fourth-order valence-corrected chi connectivity index (χ4v) is 3.64. The zero-order valence-corrected chi connectivity index (χ0v) is 17.3. The van der Waals surface area contributed by atoms with E-state index in [0.29, 0.717) is 12.2 Å². The second-order valence-corrected chi connectivity index (χ2v) is 7.20. The van der Waals surface area contributed by atoms with Gasteiger partial charge in [-0.2, -0.15) is 0 Å². The van der Waals surface area contributed by atoms with Gasteiger partial charge in [-0.1, -0.05) is 18.2 Å². The van der Waals surface area contributed by atoms with Crippen LogP contribution >= 0.6 is 0 Å². The third-order valence-corrected chi connectivity index (χ3v) is 5.30. The van der Waals surface area contributed by atoms with E-state index < -0.39 is 0 Å². The van der Waals surface area contributed by atoms with E-state index in [2.05, 4.69) is 42.7 Å². The summed E-state index contributed by atoms with van der Waals surface area (Å²) in [6.07, 6.45) is 25.7. The van der Waals surface area contributed by atoms with E-state index in [4.69, 9.17) is 4.74 Å². The Kier molecular flexibility index (Phi) is 10.8. The number of likely N-dealkylation sites (tertiary alicyclic amines) is 1. The molecule has 1 atom stereocenters. The van der Waals surface area contributed by atoms with Crippen molar-refractivity contribution in [2.24, 2.45) is 11.8 Å². The van der Waals surface area contributed by atoms with E-state index in [1.807, 2.05) is 25.1 Å². The van der Waals surface area contributed by atoms with Gasteiger partial charge in [0.15, 0.2) is 0 Å². The van der Waals surface area contributed by atoms with Gasteiger partial charge in [-0.05, 0) is 67.6 Å². The van der Waals surface area contributed by atoms with Gasteiger partial charge in [0.2, 0.25) is 0 Å². The van der Waals surface area contributed by atoms with Crippen molar-refractivity contribution in [1.29, 1.82) is 0 Å². The second kappa shape index (κ2) is 12.8. The minimum atomic E-state index is 0.223. The summed E-state index contributed by atoms with van der Waals surface area (Å²) in [7, 11) is 1.68. The third kappa shape index (κ3) is 7.26. The van der Waals surface area contributed by atoms with E-state index in [1.165, 1.54) is 32.4 Å². The monoisotopic (exact) mass is 379 g/mol. The molecule has 0 radical (unpaired) electrons. The predicted octanol–water partition coefficient (Wildman–Crippen LogP) is 2.86. The number of carbonyl (C=O) groups excluding carboxylic acids is 1. The number of carbonyl (C=O) groups is 1. The summed E-state index contributed by atoms with van der Waals surface area (Å²) in [4.78, 5) is 15.2.